The Bertz CT molecular complexity index is 1190. The van der Waals surface area contributed by atoms with Gasteiger partial charge in [-0.1, -0.05) is 0 Å². The molecule has 1 aliphatic heterocycles. The first kappa shape index (κ1) is 16.1. The Morgan fingerprint density at radius 2 is 1.96 bits per heavy atom. The summed E-state index contributed by atoms with van der Waals surface area (Å²) in [5.41, 5.74) is -2.57. The molecule has 3 aromatic heterocycles. The van der Waals surface area contributed by atoms with Crippen LogP contribution in [0.5, 0.6) is 0 Å². The van der Waals surface area contributed by atoms with Crippen molar-refractivity contribution < 1.29 is 13.2 Å². The molecule has 1 saturated carbocycles. The SMILES string of the molecule is O=c1[nH]cc(-n2cc3c(N4CC(F)(F)C5(CC5)C4)ncc(F)c3n2)c(=O)[nH]1. The van der Waals surface area contributed by atoms with E-state index in [0.29, 0.717) is 12.8 Å². The van der Waals surface area contributed by atoms with Crippen molar-refractivity contribution in [2.45, 2.75) is 18.8 Å². The van der Waals surface area contributed by atoms with Gasteiger partial charge in [-0.15, -0.1) is 0 Å². The van der Waals surface area contributed by atoms with E-state index < -0.39 is 34.9 Å². The molecule has 0 bridgehead atoms. The van der Waals surface area contributed by atoms with E-state index in [4.69, 9.17) is 0 Å². The lowest BCUT2D eigenvalue weighted by Gasteiger charge is -2.17. The van der Waals surface area contributed by atoms with Crippen molar-refractivity contribution in [1.29, 1.82) is 0 Å². The van der Waals surface area contributed by atoms with Crippen molar-refractivity contribution in [2.24, 2.45) is 5.41 Å². The number of aromatic amines is 2. The van der Waals surface area contributed by atoms with Gasteiger partial charge in [-0.2, -0.15) is 5.10 Å². The molecule has 0 radical (unpaired) electrons. The van der Waals surface area contributed by atoms with Crippen molar-refractivity contribution in [3.63, 3.8) is 0 Å². The van der Waals surface area contributed by atoms with Crippen LogP contribution in [-0.4, -0.2) is 43.7 Å². The number of nitrogens with zero attached hydrogens (tertiary/aromatic N) is 4. The average Bonchev–Trinajstić information content (AvgIpc) is 3.17. The molecular formula is C16H13F3N6O2. The van der Waals surface area contributed by atoms with Crippen LogP contribution in [0.25, 0.3) is 16.6 Å². The van der Waals surface area contributed by atoms with E-state index in [1.54, 1.807) is 0 Å². The number of H-pyrrole nitrogens is 2. The van der Waals surface area contributed by atoms with Crippen LogP contribution in [0, 0.1) is 11.2 Å². The van der Waals surface area contributed by atoms with Crippen molar-refractivity contribution in [3.8, 4) is 5.69 Å². The summed E-state index contributed by atoms with van der Waals surface area (Å²) in [6, 6.07) is 0. The molecule has 2 aliphatic rings. The highest BCUT2D eigenvalue weighted by atomic mass is 19.3. The minimum Gasteiger partial charge on any atom is -0.349 e. The van der Waals surface area contributed by atoms with E-state index in [9.17, 15) is 22.8 Å². The molecule has 140 valence electrons. The highest BCUT2D eigenvalue weighted by Crippen LogP contribution is 2.61. The molecule has 27 heavy (non-hydrogen) atoms. The number of nitrogens with one attached hydrogen (secondary N) is 2. The van der Waals surface area contributed by atoms with Crippen LogP contribution in [0.2, 0.25) is 0 Å². The van der Waals surface area contributed by atoms with Gasteiger partial charge < -0.3 is 9.88 Å². The molecule has 11 heteroatoms. The molecule has 4 heterocycles. The van der Waals surface area contributed by atoms with Crippen LogP contribution in [-0.2, 0) is 0 Å². The summed E-state index contributed by atoms with van der Waals surface area (Å²) in [5, 5.41) is 4.26. The molecule has 1 spiro atoms. The molecule has 0 amide bonds. The molecule has 2 N–H and O–H groups in total. The normalized spacial score (nSPS) is 19.9. The van der Waals surface area contributed by atoms with Crippen LogP contribution in [0.4, 0.5) is 19.0 Å². The monoisotopic (exact) mass is 378 g/mol. The minimum atomic E-state index is -2.83. The average molecular weight is 378 g/mol. The summed E-state index contributed by atoms with van der Waals surface area (Å²) in [7, 11) is 0. The van der Waals surface area contributed by atoms with E-state index in [1.807, 2.05) is 4.98 Å². The number of fused-ring (bicyclic) bond motifs is 1. The first-order valence-corrected chi connectivity index (χ1v) is 8.29. The van der Waals surface area contributed by atoms with Crippen molar-refractivity contribution >= 4 is 16.7 Å². The fourth-order valence-corrected chi connectivity index (χ4v) is 3.68. The Morgan fingerprint density at radius 1 is 1.19 bits per heavy atom. The van der Waals surface area contributed by atoms with E-state index in [1.165, 1.54) is 11.1 Å². The third kappa shape index (κ3) is 2.23. The van der Waals surface area contributed by atoms with Gasteiger partial charge in [0, 0.05) is 18.9 Å². The zero-order valence-electron chi connectivity index (χ0n) is 13.8. The summed E-state index contributed by atoms with van der Waals surface area (Å²) in [6.07, 6.45) is 4.32. The Morgan fingerprint density at radius 3 is 2.63 bits per heavy atom. The number of pyridine rings is 1. The Hall–Kier alpha value is -3.11. The van der Waals surface area contributed by atoms with E-state index >= 15 is 0 Å². The molecule has 0 aromatic carbocycles. The fraction of sp³-hybridized carbons (Fsp3) is 0.375. The second kappa shape index (κ2) is 4.99. The maximum Gasteiger partial charge on any atom is 0.325 e. The summed E-state index contributed by atoms with van der Waals surface area (Å²) < 4.78 is 43.9. The van der Waals surface area contributed by atoms with Crippen LogP contribution in [0.15, 0.2) is 28.2 Å². The number of hydrogen-bond acceptors (Lipinski definition) is 5. The standard InChI is InChI=1S/C16H13F3N6O2/c17-9-3-20-12(24-6-15(1-2-15)16(18,19)7-24)8-5-25(23-11(8)9)10-4-21-14(27)22-13(10)26/h3-5H,1-2,6-7H2,(H2,21,22,26,27). The molecule has 5 rings (SSSR count). The smallest absolute Gasteiger partial charge is 0.325 e. The maximum absolute atomic E-state index is 14.3. The molecular weight excluding hydrogens is 365 g/mol. The lowest BCUT2D eigenvalue weighted by Crippen LogP contribution is -2.28. The highest BCUT2D eigenvalue weighted by Gasteiger charge is 2.67. The lowest BCUT2D eigenvalue weighted by atomic mass is 10.0. The van der Waals surface area contributed by atoms with E-state index in [2.05, 4.69) is 15.1 Å². The highest BCUT2D eigenvalue weighted by molar-refractivity contribution is 5.90. The Kier molecular flexibility index (Phi) is 2.97. The van der Waals surface area contributed by atoms with Gasteiger partial charge in [0.1, 0.15) is 17.0 Å². The molecule has 1 saturated heterocycles. The van der Waals surface area contributed by atoms with Crippen LogP contribution in [0.3, 0.4) is 0 Å². The van der Waals surface area contributed by atoms with Gasteiger partial charge in [0.25, 0.3) is 11.5 Å². The summed E-state index contributed by atoms with van der Waals surface area (Å²) in [4.78, 5) is 32.9. The van der Waals surface area contributed by atoms with Crippen LogP contribution in [0.1, 0.15) is 12.8 Å². The van der Waals surface area contributed by atoms with Gasteiger partial charge in [0.2, 0.25) is 0 Å². The largest absolute Gasteiger partial charge is 0.349 e. The molecule has 3 aromatic rings. The second-order valence-electron chi connectivity index (χ2n) is 7.06. The molecule has 1 aliphatic carbocycles. The van der Waals surface area contributed by atoms with E-state index in [0.717, 1.165) is 17.1 Å². The van der Waals surface area contributed by atoms with Crippen molar-refractivity contribution in [2.75, 3.05) is 18.0 Å². The van der Waals surface area contributed by atoms with Gasteiger partial charge in [-0.3, -0.25) is 9.78 Å². The Balaban J connectivity index is 1.65. The number of halogens is 3. The zero-order valence-corrected chi connectivity index (χ0v) is 13.8. The van der Waals surface area contributed by atoms with Crippen molar-refractivity contribution in [3.05, 3.63) is 45.2 Å². The number of alkyl halides is 2. The molecule has 2 fully saturated rings. The van der Waals surface area contributed by atoms with Crippen LogP contribution < -0.4 is 16.1 Å². The predicted molar refractivity (Wildman–Crippen MR) is 88.9 cm³/mol. The first-order chi connectivity index (χ1) is 12.8. The number of anilines is 1. The summed E-state index contributed by atoms with van der Waals surface area (Å²) in [5.74, 6) is -3.37. The zero-order chi connectivity index (χ0) is 19.0. The predicted octanol–water partition coefficient (Wildman–Crippen LogP) is 1.17. The fourth-order valence-electron chi connectivity index (χ4n) is 3.68. The maximum atomic E-state index is 14.3. The van der Waals surface area contributed by atoms with Gasteiger partial charge in [-0.05, 0) is 12.8 Å². The molecule has 0 unspecified atom stereocenters. The Labute approximate surface area is 148 Å². The number of aromatic nitrogens is 5. The number of hydrogen-bond donors (Lipinski definition) is 2. The molecule has 0 atom stereocenters. The third-order valence-corrected chi connectivity index (χ3v) is 5.34. The van der Waals surface area contributed by atoms with Gasteiger partial charge in [0.15, 0.2) is 5.82 Å². The van der Waals surface area contributed by atoms with Crippen LogP contribution >= 0.6 is 0 Å². The van der Waals surface area contributed by atoms with Gasteiger partial charge in [-0.25, -0.2) is 27.6 Å². The van der Waals surface area contributed by atoms with E-state index in [-0.39, 0.29) is 29.0 Å². The second-order valence-corrected chi connectivity index (χ2v) is 7.06. The lowest BCUT2D eigenvalue weighted by molar-refractivity contribution is -0.0334. The van der Waals surface area contributed by atoms with Gasteiger partial charge in [0.05, 0.1) is 23.5 Å². The summed E-state index contributed by atoms with van der Waals surface area (Å²) in [6.45, 7) is -0.358. The van der Waals surface area contributed by atoms with Gasteiger partial charge >= 0.3 is 5.69 Å². The minimum absolute atomic E-state index is 0.0402. The summed E-state index contributed by atoms with van der Waals surface area (Å²) >= 11 is 0. The topological polar surface area (TPSA) is 99.7 Å². The number of rotatable bonds is 2. The molecule has 8 nitrogen and oxygen atoms in total. The first-order valence-electron chi connectivity index (χ1n) is 8.29. The third-order valence-electron chi connectivity index (χ3n) is 5.34. The quantitative estimate of drug-likeness (QED) is 0.698. The van der Waals surface area contributed by atoms with Crippen molar-refractivity contribution in [1.82, 2.24) is 24.7 Å².